The van der Waals surface area contributed by atoms with E-state index in [0.717, 1.165) is 49.5 Å². The Balaban J connectivity index is 1.35. The summed E-state index contributed by atoms with van der Waals surface area (Å²) in [4.78, 5) is 20.0. The normalized spacial score (nSPS) is 15.0. The third kappa shape index (κ3) is 6.46. The summed E-state index contributed by atoms with van der Waals surface area (Å²) in [5.74, 6) is 2.51. The Morgan fingerprint density at radius 1 is 1.12 bits per heavy atom. The molecule has 1 fully saturated rings. The molecule has 0 saturated carbocycles. The van der Waals surface area contributed by atoms with Gasteiger partial charge in [0.05, 0.1) is 24.6 Å². The predicted octanol–water partition coefficient (Wildman–Crippen LogP) is 4.32. The Morgan fingerprint density at radius 3 is 2.64 bits per heavy atom. The summed E-state index contributed by atoms with van der Waals surface area (Å²) in [5, 5.41) is 3.13. The maximum Gasteiger partial charge on any atom is 0.228 e. The van der Waals surface area contributed by atoms with Gasteiger partial charge in [0, 0.05) is 43.7 Å². The fraction of sp³-hybridized carbons (Fsp3) is 0.440. The molecule has 174 valence electrons. The molecular weight excluding hydrogens is 416 g/mol. The lowest BCUT2D eigenvalue weighted by Crippen LogP contribution is -2.32. The number of anilines is 2. The van der Waals surface area contributed by atoms with E-state index >= 15 is 0 Å². The van der Waals surface area contributed by atoms with Gasteiger partial charge in [-0.3, -0.25) is 9.88 Å². The van der Waals surface area contributed by atoms with Gasteiger partial charge in [-0.2, -0.15) is 0 Å². The van der Waals surface area contributed by atoms with E-state index in [-0.39, 0.29) is 6.10 Å². The number of nitrogens with zero attached hydrogens (tertiary/aromatic N) is 5. The summed E-state index contributed by atoms with van der Waals surface area (Å²) in [7, 11) is 1.72. The van der Waals surface area contributed by atoms with Crippen LogP contribution in [0.2, 0.25) is 0 Å². The quantitative estimate of drug-likeness (QED) is 0.518. The van der Waals surface area contributed by atoms with Crippen LogP contribution in [0, 0.1) is 0 Å². The van der Waals surface area contributed by atoms with Gasteiger partial charge >= 0.3 is 0 Å². The Bertz CT molecular complexity index is 1020. The van der Waals surface area contributed by atoms with Crippen LogP contribution in [0.25, 0.3) is 0 Å². The van der Waals surface area contributed by atoms with Crippen LogP contribution >= 0.6 is 0 Å². The Hall–Kier alpha value is -3.10. The van der Waals surface area contributed by atoms with Crippen LogP contribution in [0.3, 0.4) is 0 Å². The SMILES string of the molecule is COCc1cc(CN2CCC(c3cncc(Nc4ncccn4)n3)CC2)ccc1OC(C)C. The second-order valence-electron chi connectivity index (χ2n) is 8.62. The third-order valence-corrected chi connectivity index (χ3v) is 5.66. The molecule has 2 aromatic heterocycles. The molecule has 1 saturated heterocycles. The lowest BCUT2D eigenvalue weighted by atomic mass is 9.93. The molecule has 1 aliphatic heterocycles. The molecule has 0 bridgehead atoms. The fourth-order valence-corrected chi connectivity index (χ4v) is 4.13. The van der Waals surface area contributed by atoms with Crippen LogP contribution < -0.4 is 10.1 Å². The highest BCUT2D eigenvalue weighted by Crippen LogP contribution is 2.29. The van der Waals surface area contributed by atoms with E-state index < -0.39 is 0 Å². The zero-order valence-electron chi connectivity index (χ0n) is 19.6. The summed E-state index contributed by atoms with van der Waals surface area (Å²) in [6.45, 7) is 7.60. The lowest BCUT2D eigenvalue weighted by Gasteiger charge is -2.31. The van der Waals surface area contributed by atoms with Gasteiger partial charge in [0.2, 0.25) is 5.95 Å². The first kappa shape index (κ1) is 23.1. The van der Waals surface area contributed by atoms with E-state index in [1.165, 1.54) is 5.56 Å². The molecule has 33 heavy (non-hydrogen) atoms. The van der Waals surface area contributed by atoms with Crippen molar-refractivity contribution in [1.82, 2.24) is 24.8 Å². The molecule has 3 heterocycles. The number of methoxy groups -OCH3 is 1. The highest BCUT2D eigenvalue weighted by molar-refractivity contribution is 5.45. The van der Waals surface area contributed by atoms with Crippen LogP contribution in [0.1, 0.15) is 49.4 Å². The van der Waals surface area contributed by atoms with E-state index in [0.29, 0.717) is 24.3 Å². The van der Waals surface area contributed by atoms with Gasteiger partial charge in [0.15, 0.2) is 5.82 Å². The van der Waals surface area contributed by atoms with Gasteiger partial charge in [-0.1, -0.05) is 6.07 Å². The Morgan fingerprint density at radius 2 is 1.91 bits per heavy atom. The average molecular weight is 449 g/mol. The molecule has 0 radical (unpaired) electrons. The minimum Gasteiger partial charge on any atom is -0.491 e. The van der Waals surface area contributed by atoms with Crippen molar-refractivity contribution in [3.63, 3.8) is 0 Å². The summed E-state index contributed by atoms with van der Waals surface area (Å²) in [6, 6.07) is 8.23. The number of hydrogen-bond donors (Lipinski definition) is 1. The minimum atomic E-state index is 0.141. The molecule has 0 spiro atoms. The van der Waals surface area contributed by atoms with E-state index in [1.54, 1.807) is 31.8 Å². The molecule has 1 aromatic carbocycles. The van der Waals surface area contributed by atoms with Crippen molar-refractivity contribution in [2.24, 2.45) is 0 Å². The van der Waals surface area contributed by atoms with Crippen LogP contribution in [0.5, 0.6) is 5.75 Å². The summed E-state index contributed by atoms with van der Waals surface area (Å²) in [5.41, 5.74) is 3.40. The van der Waals surface area contributed by atoms with E-state index in [2.05, 4.69) is 43.4 Å². The maximum absolute atomic E-state index is 5.93. The van der Waals surface area contributed by atoms with E-state index in [9.17, 15) is 0 Å². The largest absolute Gasteiger partial charge is 0.491 e. The second kappa shape index (κ2) is 11.2. The van der Waals surface area contributed by atoms with Crippen molar-refractivity contribution in [2.45, 2.75) is 51.9 Å². The molecule has 0 amide bonds. The average Bonchev–Trinajstić information content (AvgIpc) is 2.82. The van der Waals surface area contributed by atoms with E-state index in [1.807, 2.05) is 20.0 Å². The first-order valence-electron chi connectivity index (χ1n) is 11.5. The molecule has 8 nitrogen and oxygen atoms in total. The van der Waals surface area contributed by atoms with Gasteiger partial charge in [-0.25, -0.2) is 15.0 Å². The fourth-order valence-electron chi connectivity index (χ4n) is 4.13. The van der Waals surface area contributed by atoms with Crippen molar-refractivity contribution >= 4 is 11.8 Å². The monoisotopic (exact) mass is 448 g/mol. The van der Waals surface area contributed by atoms with Crippen LogP contribution in [-0.2, 0) is 17.9 Å². The zero-order valence-corrected chi connectivity index (χ0v) is 19.6. The van der Waals surface area contributed by atoms with Gasteiger partial charge in [-0.05, 0) is 63.5 Å². The molecular formula is C25H32N6O2. The highest BCUT2D eigenvalue weighted by atomic mass is 16.5. The van der Waals surface area contributed by atoms with Crippen molar-refractivity contribution in [3.05, 3.63) is 65.9 Å². The highest BCUT2D eigenvalue weighted by Gasteiger charge is 2.22. The zero-order chi connectivity index (χ0) is 23.0. The number of ether oxygens (including phenoxy) is 2. The standard InChI is InChI=1S/C25H32N6O2/c1-18(2)33-23-6-5-19(13-21(23)17-32-3)16-31-11-7-20(8-12-31)22-14-26-15-24(29-22)30-25-27-9-4-10-28-25/h4-6,9-10,13-15,18,20H,7-8,11-12,16-17H2,1-3H3,(H,27,28,29,30). The van der Waals surface area contributed by atoms with Crippen molar-refractivity contribution in [1.29, 1.82) is 0 Å². The van der Waals surface area contributed by atoms with E-state index in [4.69, 9.17) is 14.5 Å². The van der Waals surface area contributed by atoms with Gasteiger partial charge in [0.1, 0.15) is 5.75 Å². The summed E-state index contributed by atoms with van der Waals surface area (Å²) in [6.07, 6.45) is 9.24. The van der Waals surface area contributed by atoms with Crippen molar-refractivity contribution in [3.8, 4) is 5.75 Å². The Labute approximate surface area is 195 Å². The Kier molecular flexibility index (Phi) is 7.80. The number of likely N-dealkylation sites (tertiary alicyclic amines) is 1. The lowest BCUT2D eigenvalue weighted by molar-refractivity contribution is 0.174. The predicted molar refractivity (Wildman–Crippen MR) is 128 cm³/mol. The second-order valence-corrected chi connectivity index (χ2v) is 8.62. The number of hydrogen-bond acceptors (Lipinski definition) is 8. The molecule has 8 heteroatoms. The van der Waals surface area contributed by atoms with Crippen LogP contribution in [-0.4, -0.2) is 51.1 Å². The molecule has 4 rings (SSSR count). The third-order valence-electron chi connectivity index (χ3n) is 5.66. The minimum absolute atomic E-state index is 0.141. The maximum atomic E-state index is 5.93. The molecule has 0 atom stereocenters. The number of rotatable bonds is 9. The smallest absolute Gasteiger partial charge is 0.228 e. The van der Waals surface area contributed by atoms with Crippen LogP contribution in [0.15, 0.2) is 49.1 Å². The first-order chi connectivity index (χ1) is 16.1. The first-order valence-corrected chi connectivity index (χ1v) is 11.5. The number of benzene rings is 1. The van der Waals surface area contributed by atoms with Gasteiger partial charge in [0.25, 0.3) is 0 Å². The number of piperidine rings is 1. The molecule has 0 unspecified atom stereocenters. The summed E-state index contributed by atoms with van der Waals surface area (Å²) < 4.78 is 11.3. The summed E-state index contributed by atoms with van der Waals surface area (Å²) >= 11 is 0. The molecule has 1 N–H and O–H groups in total. The van der Waals surface area contributed by atoms with Gasteiger partial charge in [-0.15, -0.1) is 0 Å². The van der Waals surface area contributed by atoms with Crippen molar-refractivity contribution in [2.75, 3.05) is 25.5 Å². The molecule has 3 aromatic rings. The molecule has 1 aliphatic rings. The molecule has 0 aliphatic carbocycles. The van der Waals surface area contributed by atoms with Crippen molar-refractivity contribution < 1.29 is 9.47 Å². The van der Waals surface area contributed by atoms with Crippen LogP contribution in [0.4, 0.5) is 11.8 Å². The number of aromatic nitrogens is 4. The van der Waals surface area contributed by atoms with Gasteiger partial charge < -0.3 is 14.8 Å². The number of nitrogens with one attached hydrogen (secondary N) is 1. The topological polar surface area (TPSA) is 85.3 Å².